The van der Waals surface area contributed by atoms with Gasteiger partial charge >= 0.3 is 0 Å². The van der Waals surface area contributed by atoms with Gasteiger partial charge in [0.1, 0.15) is 17.2 Å². The fourth-order valence-corrected chi connectivity index (χ4v) is 2.61. The molecule has 0 unspecified atom stereocenters. The standard InChI is InChI=1S/C12H10FN3S/c13-8-3-4-11-15-12(10-2-1-5-17-10)9(6-14)16(11)7-8/h1-5,7H,6,14H2. The molecule has 0 aliphatic heterocycles. The molecule has 17 heavy (non-hydrogen) atoms. The Kier molecular flexibility index (Phi) is 2.42. The van der Waals surface area contributed by atoms with Crippen molar-refractivity contribution in [1.82, 2.24) is 9.38 Å². The monoisotopic (exact) mass is 247 g/mol. The molecule has 0 aliphatic carbocycles. The van der Waals surface area contributed by atoms with Gasteiger partial charge in [0.05, 0.1) is 10.6 Å². The molecule has 3 aromatic heterocycles. The second-order valence-electron chi connectivity index (χ2n) is 3.66. The van der Waals surface area contributed by atoms with E-state index in [0.29, 0.717) is 6.54 Å². The first-order valence-electron chi connectivity index (χ1n) is 5.20. The first-order chi connectivity index (χ1) is 8.29. The van der Waals surface area contributed by atoms with Crippen molar-refractivity contribution < 1.29 is 4.39 Å². The summed E-state index contributed by atoms with van der Waals surface area (Å²) in [5.74, 6) is -0.290. The fraction of sp³-hybridized carbons (Fsp3) is 0.0833. The third-order valence-electron chi connectivity index (χ3n) is 2.63. The maximum atomic E-state index is 13.2. The number of thiophene rings is 1. The molecule has 3 aromatic rings. The smallest absolute Gasteiger partial charge is 0.139 e. The highest BCUT2D eigenvalue weighted by Gasteiger charge is 2.13. The largest absolute Gasteiger partial charge is 0.325 e. The Labute approximate surface area is 101 Å². The van der Waals surface area contributed by atoms with Crippen LogP contribution < -0.4 is 5.73 Å². The van der Waals surface area contributed by atoms with E-state index in [2.05, 4.69) is 4.98 Å². The van der Waals surface area contributed by atoms with Crippen molar-refractivity contribution >= 4 is 17.0 Å². The Bertz CT molecular complexity index is 658. The second kappa shape index (κ2) is 3.94. The molecule has 86 valence electrons. The first kappa shape index (κ1) is 10.4. The number of nitrogens with two attached hydrogens (primary N) is 1. The van der Waals surface area contributed by atoms with Gasteiger partial charge in [-0.1, -0.05) is 6.07 Å². The molecular formula is C12H10FN3S. The van der Waals surface area contributed by atoms with Crippen molar-refractivity contribution in [3.63, 3.8) is 0 Å². The predicted octanol–water partition coefficient (Wildman–Crippen LogP) is 2.66. The number of hydrogen-bond acceptors (Lipinski definition) is 3. The molecule has 3 nitrogen and oxygen atoms in total. The summed E-state index contributed by atoms with van der Waals surface area (Å²) in [6.45, 7) is 0.331. The van der Waals surface area contributed by atoms with Crippen molar-refractivity contribution in [2.45, 2.75) is 6.54 Å². The minimum absolute atomic E-state index is 0.290. The summed E-state index contributed by atoms with van der Waals surface area (Å²) in [6, 6.07) is 7.01. The Morgan fingerprint density at radius 3 is 2.94 bits per heavy atom. The van der Waals surface area contributed by atoms with E-state index in [0.717, 1.165) is 21.9 Å². The normalized spacial score (nSPS) is 11.2. The molecule has 0 fully saturated rings. The quantitative estimate of drug-likeness (QED) is 0.756. The number of fused-ring (bicyclic) bond motifs is 1. The summed E-state index contributed by atoms with van der Waals surface area (Å²) < 4.78 is 14.9. The van der Waals surface area contributed by atoms with Crippen LogP contribution in [0.3, 0.4) is 0 Å². The third-order valence-corrected chi connectivity index (χ3v) is 3.51. The van der Waals surface area contributed by atoms with Crippen LogP contribution in [0.2, 0.25) is 0 Å². The van der Waals surface area contributed by atoms with Gasteiger partial charge in [0.2, 0.25) is 0 Å². The van der Waals surface area contributed by atoms with E-state index >= 15 is 0 Å². The molecule has 0 bridgehead atoms. The zero-order valence-electron chi connectivity index (χ0n) is 8.93. The summed E-state index contributed by atoms with van der Waals surface area (Å²) in [5.41, 5.74) is 8.13. The zero-order chi connectivity index (χ0) is 11.8. The van der Waals surface area contributed by atoms with E-state index in [4.69, 9.17) is 5.73 Å². The molecule has 3 heterocycles. The number of nitrogens with zero attached hydrogens (tertiary/aromatic N) is 2. The molecule has 0 spiro atoms. The van der Waals surface area contributed by atoms with Crippen LogP contribution in [-0.4, -0.2) is 9.38 Å². The first-order valence-corrected chi connectivity index (χ1v) is 6.08. The molecule has 0 aromatic carbocycles. The maximum absolute atomic E-state index is 13.2. The predicted molar refractivity (Wildman–Crippen MR) is 66.4 cm³/mol. The van der Waals surface area contributed by atoms with E-state index < -0.39 is 0 Å². The fourth-order valence-electron chi connectivity index (χ4n) is 1.87. The second-order valence-corrected chi connectivity index (χ2v) is 4.61. The molecule has 0 radical (unpaired) electrons. The van der Waals surface area contributed by atoms with Crippen LogP contribution in [0.5, 0.6) is 0 Å². The molecule has 2 N–H and O–H groups in total. The lowest BCUT2D eigenvalue weighted by Gasteiger charge is -2.00. The number of pyridine rings is 1. The van der Waals surface area contributed by atoms with Crippen molar-refractivity contribution in [1.29, 1.82) is 0 Å². The SMILES string of the molecule is NCc1c(-c2cccs2)nc2ccc(F)cn12. The molecule has 0 saturated heterocycles. The number of aromatic nitrogens is 2. The topological polar surface area (TPSA) is 43.3 Å². The van der Waals surface area contributed by atoms with Gasteiger partial charge in [-0.3, -0.25) is 4.40 Å². The van der Waals surface area contributed by atoms with Gasteiger partial charge in [-0.05, 0) is 23.6 Å². The Morgan fingerprint density at radius 2 is 2.24 bits per heavy atom. The summed E-state index contributed by atoms with van der Waals surface area (Å²) in [4.78, 5) is 5.54. The Morgan fingerprint density at radius 1 is 1.35 bits per heavy atom. The van der Waals surface area contributed by atoms with Crippen LogP contribution in [0.15, 0.2) is 35.8 Å². The van der Waals surface area contributed by atoms with Crippen LogP contribution in [0.25, 0.3) is 16.2 Å². The Balaban J connectivity index is 2.32. The van der Waals surface area contributed by atoms with Crippen LogP contribution in [-0.2, 0) is 6.54 Å². The molecule has 0 aliphatic rings. The van der Waals surface area contributed by atoms with Crippen molar-refractivity contribution in [2.75, 3.05) is 0 Å². The molecule has 3 rings (SSSR count). The lowest BCUT2D eigenvalue weighted by molar-refractivity contribution is 0.618. The lowest BCUT2D eigenvalue weighted by Crippen LogP contribution is -2.02. The number of halogens is 1. The number of hydrogen-bond donors (Lipinski definition) is 1. The van der Waals surface area contributed by atoms with Gasteiger partial charge < -0.3 is 5.73 Å². The summed E-state index contributed by atoms with van der Waals surface area (Å²) >= 11 is 1.60. The van der Waals surface area contributed by atoms with E-state index in [9.17, 15) is 4.39 Å². The Hall–Kier alpha value is -1.72. The van der Waals surface area contributed by atoms with Gasteiger partial charge in [-0.2, -0.15) is 0 Å². The third kappa shape index (κ3) is 1.64. The summed E-state index contributed by atoms with van der Waals surface area (Å²) in [5, 5.41) is 1.99. The van der Waals surface area contributed by atoms with E-state index in [-0.39, 0.29) is 5.82 Å². The van der Waals surface area contributed by atoms with Crippen LogP contribution in [0.1, 0.15) is 5.69 Å². The van der Waals surface area contributed by atoms with Gasteiger partial charge in [0.25, 0.3) is 0 Å². The van der Waals surface area contributed by atoms with Crippen LogP contribution >= 0.6 is 11.3 Å². The molecule has 5 heteroatoms. The van der Waals surface area contributed by atoms with Gasteiger partial charge in [0, 0.05) is 12.7 Å². The number of rotatable bonds is 2. The highest BCUT2D eigenvalue weighted by Crippen LogP contribution is 2.28. The maximum Gasteiger partial charge on any atom is 0.139 e. The minimum Gasteiger partial charge on any atom is -0.325 e. The van der Waals surface area contributed by atoms with Crippen molar-refractivity contribution in [3.8, 4) is 10.6 Å². The van der Waals surface area contributed by atoms with E-state index in [1.54, 1.807) is 21.8 Å². The van der Waals surface area contributed by atoms with Crippen LogP contribution in [0, 0.1) is 5.82 Å². The van der Waals surface area contributed by atoms with E-state index in [1.807, 2.05) is 17.5 Å². The molecule has 0 amide bonds. The zero-order valence-corrected chi connectivity index (χ0v) is 9.75. The van der Waals surface area contributed by atoms with Crippen LogP contribution in [0.4, 0.5) is 4.39 Å². The van der Waals surface area contributed by atoms with E-state index in [1.165, 1.54) is 12.3 Å². The van der Waals surface area contributed by atoms with Gasteiger partial charge in [-0.25, -0.2) is 9.37 Å². The van der Waals surface area contributed by atoms with Gasteiger partial charge in [-0.15, -0.1) is 11.3 Å². The van der Waals surface area contributed by atoms with Crippen molar-refractivity contribution in [3.05, 3.63) is 47.4 Å². The average molecular weight is 247 g/mol. The number of imidazole rings is 1. The minimum atomic E-state index is -0.290. The lowest BCUT2D eigenvalue weighted by atomic mass is 10.3. The van der Waals surface area contributed by atoms with Gasteiger partial charge in [0.15, 0.2) is 0 Å². The summed E-state index contributed by atoms with van der Waals surface area (Å²) in [7, 11) is 0. The summed E-state index contributed by atoms with van der Waals surface area (Å²) in [6.07, 6.45) is 1.42. The highest BCUT2D eigenvalue weighted by atomic mass is 32.1. The molecular weight excluding hydrogens is 237 g/mol. The highest BCUT2D eigenvalue weighted by molar-refractivity contribution is 7.13. The van der Waals surface area contributed by atoms with Crippen molar-refractivity contribution in [2.24, 2.45) is 5.73 Å². The average Bonchev–Trinajstić information content (AvgIpc) is 2.94. The molecule has 0 saturated carbocycles. The molecule has 0 atom stereocenters.